The van der Waals surface area contributed by atoms with Crippen LogP contribution in [0.4, 0.5) is 5.69 Å². The maximum atomic E-state index is 5.81. The third-order valence-electron chi connectivity index (χ3n) is 3.10. The van der Waals surface area contributed by atoms with Crippen molar-refractivity contribution in [1.29, 1.82) is 0 Å². The van der Waals surface area contributed by atoms with E-state index in [9.17, 15) is 0 Å². The van der Waals surface area contributed by atoms with Crippen LogP contribution < -0.4 is 11.1 Å². The van der Waals surface area contributed by atoms with Gasteiger partial charge in [-0.3, -0.25) is 4.99 Å². The first kappa shape index (κ1) is 10.8. The summed E-state index contributed by atoms with van der Waals surface area (Å²) in [5.74, 6) is 0.961. The Morgan fingerprint density at radius 2 is 1.89 bits per heavy atom. The summed E-state index contributed by atoms with van der Waals surface area (Å²) in [6.45, 7) is 0.758. The van der Waals surface area contributed by atoms with Crippen LogP contribution in [0, 0.1) is 0 Å². The van der Waals surface area contributed by atoms with Crippen LogP contribution in [-0.2, 0) is 0 Å². The number of nitrogens with one attached hydrogen (secondary N) is 1. The summed E-state index contributed by atoms with van der Waals surface area (Å²) in [6, 6.07) is 18.4. The van der Waals surface area contributed by atoms with Crippen LogP contribution >= 0.6 is 0 Å². The Morgan fingerprint density at radius 1 is 1.06 bits per heavy atom. The summed E-state index contributed by atoms with van der Waals surface area (Å²) in [7, 11) is 0. The van der Waals surface area contributed by atoms with Crippen molar-refractivity contribution in [2.45, 2.75) is 6.04 Å². The zero-order valence-corrected chi connectivity index (χ0v) is 10.0. The average Bonchev–Trinajstić information content (AvgIpc) is 2.89. The number of amidine groups is 1. The number of aliphatic imine (C=N–C) groups is 1. The lowest BCUT2D eigenvalue weighted by atomic mass is 10.1. The molecule has 1 heterocycles. The first-order chi connectivity index (χ1) is 8.83. The molecule has 3 nitrogen and oxygen atoms in total. The van der Waals surface area contributed by atoms with Crippen LogP contribution in [0.15, 0.2) is 59.6 Å². The van der Waals surface area contributed by atoms with Gasteiger partial charge in [0.25, 0.3) is 0 Å². The van der Waals surface area contributed by atoms with Crippen molar-refractivity contribution in [3.05, 3.63) is 65.7 Å². The molecule has 0 aromatic heterocycles. The van der Waals surface area contributed by atoms with Crippen molar-refractivity contribution in [2.75, 3.05) is 12.3 Å². The second kappa shape index (κ2) is 4.53. The monoisotopic (exact) mass is 237 g/mol. The van der Waals surface area contributed by atoms with Gasteiger partial charge in [0.05, 0.1) is 12.6 Å². The van der Waals surface area contributed by atoms with Crippen molar-refractivity contribution < 1.29 is 0 Å². The minimum atomic E-state index is 0.226. The molecule has 0 aliphatic carbocycles. The maximum Gasteiger partial charge on any atom is 0.128 e. The van der Waals surface area contributed by atoms with Gasteiger partial charge in [-0.05, 0) is 17.7 Å². The summed E-state index contributed by atoms with van der Waals surface area (Å²) in [5, 5.41) is 3.45. The Bertz CT molecular complexity index is 575. The highest BCUT2D eigenvalue weighted by Gasteiger charge is 2.19. The second-order valence-corrected chi connectivity index (χ2v) is 4.42. The number of anilines is 1. The molecule has 0 spiro atoms. The van der Waals surface area contributed by atoms with E-state index in [2.05, 4.69) is 28.5 Å². The van der Waals surface area contributed by atoms with Crippen LogP contribution in [0.5, 0.6) is 0 Å². The van der Waals surface area contributed by atoms with E-state index in [4.69, 9.17) is 5.73 Å². The summed E-state index contributed by atoms with van der Waals surface area (Å²) < 4.78 is 0. The van der Waals surface area contributed by atoms with Gasteiger partial charge >= 0.3 is 0 Å². The molecule has 90 valence electrons. The molecule has 3 heteroatoms. The lowest BCUT2D eigenvalue weighted by molar-refractivity contribution is 0.710. The van der Waals surface area contributed by atoms with Gasteiger partial charge in [-0.15, -0.1) is 0 Å². The van der Waals surface area contributed by atoms with E-state index in [1.54, 1.807) is 0 Å². The molecule has 1 aliphatic heterocycles. The number of hydrogen-bond donors (Lipinski definition) is 2. The van der Waals surface area contributed by atoms with Crippen LogP contribution in [0.3, 0.4) is 0 Å². The van der Waals surface area contributed by atoms with Crippen molar-refractivity contribution in [3.63, 3.8) is 0 Å². The number of nitrogen functional groups attached to an aromatic ring is 1. The Hall–Kier alpha value is -2.29. The standard InChI is InChI=1S/C15H15N3/c16-13-8-4-7-12(9-13)14-10-17-15(18-14)11-5-2-1-3-6-11/h1-9,14H,10,16H2,(H,17,18). The maximum absolute atomic E-state index is 5.81. The predicted octanol–water partition coefficient (Wildman–Crippen LogP) is 2.36. The fourth-order valence-electron chi connectivity index (χ4n) is 2.17. The lowest BCUT2D eigenvalue weighted by Crippen LogP contribution is -2.23. The summed E-state index contributed by atoms with van der Waals surface area (Å²) in [4.78, 5) is 4.56. The molecule has 18 heavy (non-hydrogen) atoms. The molecule has 3 N–H and O–H groups in total. The molecule has 0 amide bonds. The Kier molecular flexibility index (Phi) is 2.73. The van der Waals surface area contributed by atoms with Gasteiger partial charge in [-0.1, -0.05) is 42.5 Å². The average molecular weight is 237 g/mol. The van der Waals surface area contributed by atoms with E-state index in [0.717, 1.165) is 23.6 Å². The third kappa shape index (κ3) is 2.07. The number of nitrogens with two attached hydrogens (primary N) is 1. The van der Waals surface area contributed by atoms with Gasteiger partial charge in [-0.25, -0.2) is 0 Å². The molecule has 0 bridgehead atoms. The first-order valence-corrected chi connectivity index (χ1v) is 6.05. The number of hydrogen-bond acceptors (Lipinski definition) is 3. The first-order valence-electron chi connectivity index (χ1n) is 6.05. The molecule has 2 aromatic rings. The van der Waals surface area contributed by atoms with Gasteiger partial charge in [0, 0.05) is 11.3 Å². The SMILES string of the molecule is Nc1cccc(C2CN=C(c3ccccc3)N2)c1. The molecule has 0 saturated carbocycles. The normalized spacial score (nSPS) is 18.2. The fourth-order valence-corrected chi connectivity index (χ4v) is 2.17. The molecule has 2 aromatic carbocycles. The highest BCUT2D eigenvalue weighted by atomic mass is 15.1. The molecule has 0 radical (unpaired) electrons. The molecule has 0 fully saturated rings. The highest BCUT2D eigenvalue weighted by Crippen LogP contribution is 2.20. The molecule has 1 unspecified atom stereocenters. The lowest BCUT2D eigenvalue weighted by Gasteiger charge is -2.12. The van der Waals surface area contributed by atoms with Gasteiger partial charge < -0.3 is 11.1 Å². The molecule has 1 aliphatic rings. The highest BCUT2D eigenvalue weighted by molar-refractivity contribution is 6.00. The van der Waals surface area contributed by atoms with E-state index < -0.39 is 0 Å². The Balaban J connectivity index is 1.79. The van der Waals surface area contributed by atoms with E-state index in [1.807, 2.05) is 36.4 Å². The topological polar surface area (TPSA) is 50.4 Å². The van der Waals surface area contributed by atoms with Gasteiger partial charge in [0.2, 0.25) is 0 Å². The van der Waals surface area contributed by atoms with E-state index >= 15 is 0 Å². The largest absolute Gasteiger partial charge is 0.399 e. The van der Waals surface area contributed by atoms with Crippen molar-refractivity contribution in [2.24, 2.45) is 4.99 Å². The molecular weight excluding hydrogens is 222 g/mol. The smallest absolute Gasteiger partial charge is 0.128 e. The van der Waals surface area contributed by atoms with Crippen molar-refractivity contribution in [3.8, 4) is 0 Å². The summed E-state index contributed by atoms with van der Waals surface area (Å²) >= 11 is 0. The number of nitrogens with zero attached hydrogens (tertiary/aromatic N) is 1. The Labute approximate surface area is 106 Å². The van der Waals surface area contributed by atoms with Crippen LogP contribution in [0.2, 0.25) is 0 Å². The molecule has 3 rings (SSSR count). The minimum absolute atomic E-state index is 0.226. The van der Waals surface area contributed by atoms with E-state index in [-0.39, 0.29) is 6.04 Å². The predicted molar refractivity (Wildman–Crippen MR) is 74.6 cm³/mol. The van der Waals surface area contributed by atoms with E-state index in [0.29, 0.717) is 0 Å². The molecular formula is C15H15N3. The molecule has 1 atom stereocenters. The fraction of sp³-hybridized carbons (Fsp3) is 0.133. The van der Waals surface area contributed by atoms with Crippen molar-refractivity contribution in [1.82, 2.24) is 5.32 Å². The third-order valence-corrected chi connectivity index (χ3v) is 3.10. The van der Waals surface area contributed by atoms with Crippen LogP contribution in [0.1, 0.15) is 17.2 Å². The Morgan fingerprint density at radius 3 is 2.67 bits per heavy atom. The quantitative estimate of drug-likeness (QED) is 0.788. The summed E-state index contributed by atoms with van der Waals surface area (Å²) in [6.07, 6.45) is 0. The minimum Gasteiger partial charge on any atom is -0.399 e. The van der Waals surface area contributed by atoms with Gasteiger partial charge in [0.1, 0.15) is 5.84 Å². The van der Waals surface area contributed by atoms with Crippen LogP contribution in [0.25, 0.3) is 0 Å². The number of rotatable bonds is 2. The van der Waals surface area contributed by atoms with Gasteiger partial charge in [0.15, 0.2) is 0 Å². The second-order valence-electron chi connectivity index (χ2n) is 4.42. The number of benzene rings is 2. The van der Waals surface area contributed by atoms with Crippen molar-refractivity contribution >= 4 is 11.5 Å². The van der Waals surface area contributed by atoms with E-state index in [1.165, 1.54) is 5.56 Å². The zero-order chi connectivity index (χ0) is 12.4. The summed E-state index contributed by atoms with van der Waals surface area (Å²) in [5.41, 5.74) is 8.91. The van der Waals surface area contributed by atoms with Crippen LogP contribution in [-0.4, -0.2) is 12.4 Å². The molecule has 0 saturated heterocycles. The zero-order valence-electron chi connectivity index (χ0n) is 10.0. The van der Waals surface area contributed by atoms with Gasteiger partial charge in [-0.2, -0.15) is 0 Å².